The second-order valence-corrected chi connectivity index (χ2v) is 7.44. The summed E-state index contributed by atoms with van der Waals surface area (Å²) in [4.78, 5) is 24.7. The highest BCUT2D eigenvalue weighted by molar-refractivity contribution is 6.08. The van der Waals surface area contributed by atoms with Gasteiger partial charge in [0, 0.05) is 18.4 Å². The number of hydrogen-bond acceptors (Lipinski definition) is 6. The van der Waals surface area contributed by atoms with Gasteiger partial charge in [-0.25, -0.2) is 0 Å². The number of aryl methyl sites for hydroxylation is 1. The predicted octanol–water partition coefficient (Wildman–Crippen LogP) is 2.28. The number of methoxy groups -OCH3 is 4. The number of Topliss-reactive ketones (excluding diaryl/α,β-unsaturated/α-hetero) is 1. The number of amides is 1. The van der Waals surface area contributed by atoms with E-state index < -0.39 is 0 Å². The van der Waals surface area contributed by atoms with Gasteiger partial charge in [0.2, 0.25) is 17.4 Å². The molecule has 0 radical (unpaired) electrons. The van der Waals surface area contributed by atoms with E-state index in [9.17, 15) is 9.59 Å². The molecular formula is C22H25NO6. The van der Waals surface area contributed by atoms with E-state index in [1.54, 1.807) is 21.3 Å². The van der Waals surface area contributed by atoms with E-state index in [0.29, 0.717) is 35.8 Å². The molecule has 0 fully saturated rings. The number of fused-ring (bicyclic) bond motifs is 5. The molecule has 7 nitrogen and oxygen atoms in total. The van der Waals surface area contributed by atoms with Gasteiger partial charge in [-0.05, 0) is 41.7 Å². The van der Waals surface area contributed by atoms with Crippen molar-refractivity contribution in [2.45, 2.75) is 25.8 Å². The molecule has 7 heteroatoms. The molecule has 3 aliphatic carbocycles. The second kappa shape index (κ2) is 7.13. The fourth-order valence-electron chi connectivity index (χ4n) is 4.94. The Bertz CT molecular complexity index is 961. The van der Waals surface area contributed by atoms with Crippen LogP contribution in [0.15, 0.2) is 23.5 Å². The van der Waals surface area contributed by atoms with Crippen molar-refractivity contribution in [3.8, 4) is 17.2 Å². The van der Waals surface area contributed by atoms with Crippen LogP contribution in [0.1, 0.15) is 24.5 Å². The highest BCUT2D eigenvalue weighted by atomic mass is 16.5. The van der Waals surface area contributed by atoms with E-state index in [-0.39, 0.29) is 29.6 Å². The van der Waals surface area contributed by atoms with Gasteiger partial charge < -0.3 is 24.3 Å². The zero-order valence-electron chi connectivity index (χ0n) is 17.3. The Morgan fingerprint density at radius 3 is 2.38 bits per heavy atom. The lowest BCUT2D eigenvalue weighted by Gasteiger charge is -2.40. The number of carbonyl (C=O) groups excluding carboxylic acids is 2. The van der Waals surface area contributed by atoms with E-state index in [1.807, 2.05) is 12.1 Å². The average Bonchev–Trinajstić information content (AvgIpc) is 2.89. The fourth-order valence-corrected chi connectivity index (χ4v) is 4.94. The summed E-state index contributed by atoms with van der Waals surface area (Å²) in [5, 5.41) is 3.03. The van der Waals surface area contributed by atoms with Crippen molar-refractivity contribution in [1.82, 2.24) is 5.32 Å². The summed E-state index contributed by atoms with van der Waals surface area (Å²) in [5.41, 5.74) is 3.93. The quantitative estimate of drug-likeness (QED) is 0.818. The van der Waals surface area contributed by atoms with Gasteiger partial charge in [-0.1, -0.05) is 0 Å². The molecule has 3 aliphatic rings. The van der Waals surface area contributed by atoms with Crippen molar-refractivity contribution in [2.24, 2.45) is 11.8 Å². The first-order valence-corrected chi connectivity index (χ1v) is 9.60. The highest BCUT2D eigenvalue weighted by Crippen LogP contribution is 2.59. The van der Waals surface area contributed by atoms with Crippen LogP contribution in [-0.4, -0.2) is 46.2 Å². The predicted molar refractivity (Wildman–Crippen MR) is 106 cm³/mol. The molecule has 0 aliphatic heterocycles. The molecule has 1 N–H and O–H groups in total. The van der Waals surface area contributed by atoms with Crippen molar-refractivity contribution >= 4 is 17.3 Å². The maximum Gasteiger partial charge on any atom is 0.217 e. The first-order valence-electron chi connectivity index (χ1n) is 9.60. The molecule has 0 saturated carbocycles. The molecule has 0 bridgehead atoms. The number of hydrogen-bond donors (Lipinski definition) is 1. The van der Waals surface area contributed by atoms with Crippen LogP contribution in [0.25, 0.3) is 5.57 Å². The SMILES string of the molecule is COC1=C[C@H]2C3=C([C@H]2C1=O)[C@@H](NC(C)=O)CCc1cc(OC)c(OC)c(OC)c13. The van der Waals surface area contributed by atoms with E-state index in [0.717, 1.165) is 22.3 Å². The summed E-state index contributed by atoms with van der Waals surface area (Å²) in [5.74, 6) is 1.50. The number of ether oxygens (including phenoxy) is 4. The van der Waals surface area contributed by atoms with Crippen LogP contribution in [-0.2, 0) is 20.7 Å². The van der Waals surface area contributed by atoms with Gasteiger partial charge in [-0.15, -0.1) is 0 Å². The van der Waals surface area contributed by atoms with E-state index in [1.165, 1.54) is 14.0 Å². The molecule has 0 spiro atoms. The van der Waals surface area contributed by atoms with Crippen molar-refractivity contribution in [3.63, 3.8) is 0 Å². The zero-order chi connectivity index (χ0) is 20.9. The monoisotopic (exact) mass is 399 g/mol. The maximum atomic E-state index is 12.9. The number of rotatable bonds is 5. The first kappa shape index (κ1) is 19.4. The van der Waals surface area contributed by atoms with Gasteiger partial charge in [-0.3, -0.25) is 9.59 Å². The lowest BCUT2D eigenvalue weighted by molar-refractivity contribution is -0.122. The number of benzene rings is 1. The lowest BCUT2D eigenvalue weighted by atomic mass is 9.64. The Balaban J connectivity index is 1.96. The molecule has 1 amide bonds. The number of carbonyl (C=O) groups is 2. The van der Waals surface area contributed by atoms with Gasteiger partial charge >= 0.3 is 0 Å². The zero-order valence-corrected chi connectivity index (χ0v) is 17.3. The van der Waals surface area contributed by atoms with E-state index in [2.05, 4.69) is 5.32 Å². The summed E-state index contributed by atoms with van der Waals surface area (Å²) in [6, 6.07) is 1.74. The first-order chi connectivity index (χ1) is 14.0. The van der Waals surface area contributed by atoms with Gasteiger partial charge in [0.1, 0.15) is 0 Å². The Hall–Kier alpha value is -2.96. The summed E-state index contributed by atoms with van der Waals surface area (Å²) in [6.07, 6.45) is 3.27. The molecule has 1 aromatic carbocycles. The molecule has 0 saturated heterocycles. The molecule has 1 aromatic rings. The van der Waals surface area contributed by atoms with Crippen LogP contribution in [0, 0.1) is 11.8 Å². The summed E-state index contributed by atoms with van der Waals surface area (Å²) >= 11 is 0. The van der Waals surface area contributed by atoms with Gasteiger partial charge in [0.05, 0.1) is 40.4 Å². The number of nitrogens with one attached hydrogen (secondary N) is 1. The van der Waals surface area contributed by atoms with Crippen LogP contribution in [0.4, 0.5) is 0 Å². The average molecular weight is 399 g/mol. The molecule has 0 aromatic heterocycles. The Morgan fingerprint density at radius 1 is 1.07 bits per heavy atom. The third kappa shape index (κ3) is 2.71. The van der Waals surface area contributed by atoms with Crippen molar-refractivity contribution in [3.05, 3.63) is 34.6 Å². The number of ketones is 1. The van der Waals surface area contributed by atoms with Crippen LogP contribution in [0.2, 0.25) is 0 Å². The van der Waals surface area contributed by atoms with Crippen LogP contribution < -0.4 is 19.5 Å². The minimum Gasteiger partial charge on any atom is -0.493 e. The molecule has 4 rings (SSSR count). The number of allylic oxidation sites excluding steroid dienone is 3. The lowest BCUT2D eigenvalue weighted by Crippen LogP contribution is -2.44. The second-order valence-electron chi connectivity index (χ2n) is 7.44. The van der Waals surface area contributed by atoms with Gasteiger partial charge in [0.25, 0.3) is 0 Å². The molecule has 0 heterocycles. The largest absolute Gasteiger partial charge is 0.493 e. The van der Waals surface area contributed by atoms with Crippen molar-refractivity contribution in [1.29, 1.82) is 0 Å². The molecular weight excluding hydrogens is 374 g/mol. The summed E-state index contributed by atoms with van der Waals surface area (Å²) < 4.78 is 22.2. The fraction of sp³-hybridized carbons (Fsp3) is 0.455. The Labute approximate surface area is 169 Å². The summed E-state index contributed by atoms with van der Waals surface area (Å²) in [7, 11) is 6.27. The molecule has 29 heavy (non-hydrogen) atoms. The molecule has 154 valence electrons. The van der Waals surface area contributed by atoms with Gasteiger partial charge in [-0.2, -0.15) is 0 Å². The van der Waals surface area contributed by atoms with Crippen molar-refractivity contribution in [2.75, 3.05) is 28.4 Å². The molecule has 0 unspecified atom stereocenters. The van der Waals surface area contributed by atoms with Crippen LogP contribution in [0.3, 0.4) is 0 Å². The normalized spacial score (nSPS) is 24.4. The summed E-state index contributed by atoms with van der Waals surface area (Å²) in [6.45, 7) is 1.50. The minimum atomic E-state index is -0.305. The minimum absolute atomic E-state index is 0.0329. The smallest absolute Gasteiger partial charge is 0.217 e. The maximum absolute atomic E-state index is 12.9. The highest BCUT2D eigenvalue weighted by Gasteiger charge is 2.54. The third-order valence-electron chi connectivity index (χ3n) is 6.05. The van der Waals surface area contributed by atoms with E-state index >= 15 is 0 Å². The van der Waals surface area contributed by atoms with E-state index in [4.69, 9.17) is 18.9 Å². The Kier molecular flexibility index (Phi) is 4.76. The molecule has 3 atom stereocenters. The third-order valence-corrected chi connectivity index (χ3v) is 6.05. The van der Waals surface area contributed by atoms with Crippen LogP contribution in [0.5, 0.6) is 17.2 Å². The van der Waals surface area contributed by atoms with Gasteiger partial charge in [0.15, 0.2) is 17.3 Å². The van der Waals surface area contributed by atoms with Crippen LogP contribution >= 0.6 is 0 Å². The van der Waals surface area contributed by atoms with Crippen molar-refractivity contribution < 1.29 is 28.5 Å². The topological polar surface area (TPSA) is 83.1 Å². The standard InChI is InChI=1S/C22H25NO6/c1-10(24)23-13-7-6-11-8-15(27-3)21(28-4)22(29-5)16(11)17-12-9-14(26-2)20(25)18(12)19(13)17/h8-9,12-13,18H,6-7H2,1-5H3,(H,23,24)/t12-,13-,18-/m0/s1. The Morgan fingerprint density at radius 2 is 1.79 bits per heavy atom.